The molecule has 0 bridgehead atoms. The van der Waals surface area contributed by atoms with Gasteiger partial charge in [0.25, 0.3) is 11.8 Å². The molecule has 0 aliphatic rings. The Bertz CT molecular complexity index is 715. The Morgan fingerprint density at radius 1 is 1.21 bits per heavy atom. The molecule has 0 saturated carbocycles. The third kappa shape index (κ3) is 5.36. The molecule has 1 atom stereocenters. The van der Waals surface area contributed by atoms with Crippen LogP contribution in [-0.2, 0) is 14.3 Å². The van der Waals surface area contributed by atoms with Crippen molar-refractivity contribution in [3.05, 3.63) is 51.7 Å². The highest BCUT2D eigenvalue weighted by atomic mass is 35.5. The van der Waals surface area contributed by atoms with Crippen LogP contribution in [0.15, 0.2) is 41.8 Å². The zero-order valence-corrected chi connectivity index (χ0v) is 14.2. The maximum atomic E-state index is 11.8. The van der Waals surface area contributed by atoms with Crippen molar-refractivity contribution in [2.75, 3.05) is 6.61 Å². The predicted molar refractivity (Wildman–Crippen MR) is 89.3 cm³/mol. The van der Waals surface area contributed by atoms with E-state index in [0.29, 0.717) is 15.6 Å². The number of ether oxygens (including phenoxy) is 2. The van der Waals surface area contributed by atoms with E-state index in [4.69, 9.17) is 21.1 Å². The molecule has 1 aromatic heterocycles. The van der Waals surface area contributed by atoms with E-state index in [-0.39, 0.29) is 0 Å². The Kier molecular flexibility index (Phi) is 6.34. The van der Waals surface area contributed by atoms with Crippen molar-refractivity contribution < 1.29 is 23.9 Å². The Morgan fingerprint density at radius 2 is 1.92 bits per heavy atom. The van der Waals surface area contributed by atoms with Gasteiger partial charge in [-0.15, -0.1) is 11.3 Å². The maximum Gasteiger partial charge on any atom is 0.347 e. The van der Waals surface area contributed by atoms with Gasteiger partial charge < -0.3 is 9.47 Å². The summed E-state index contributed by atoms with van der Waals surface area (Å²) < 4.78 is 10.2. The summed E-state index contributed by atoms with van der Waals surface area (Å²) in [6.45, 7) is 0.927. The van der Waals surface area contributed by atoms with Crippen LogP contribution in [0.3, 0.4) is 0 Å². The molecule has 0 unspecified atom stereocenters. The van der Waals surface area contributed by atoms with Gasteiger partial charge >= 0.3 is 5.97 Å². The number of thiophene rings is 1. The molecule has 8 heteroatoms. The molecule has 0 aliphatic carbocycles. The Balaban J connectivity index is 1.76. The number of esters is 1. The van der Waals surface area contributed by atoms with E-state index >= 15 is 0 Å². The summed E-state index contributed by atoms with van der Waals surface area (Å²) >= 11 is 6.96. The van der Waals surface area contributed by atoms with Crippen molar-refractivity contribution in [1.82, 2.24) is 5.32 Å². The lowest BCUT2D eigenvalue weighted by Gasteiger charge is -2.13. The van der Waals surface area contributed by atoms with Crippen LogP contribution in [-0.4, -0.2) is 30.5 Å². The van der Waals surface area contributed by atoms with Gasteiger partial charge in [-0.3, -0.25) is 14.9 Å². The number of rotatable bonds is 6. The zero-order valence-electron chi connectivity index (χ0n) is 12.7. The normalized spacial score (nSPS) is 11.4. The maximum absolute atomic E-state index is 11.8. The SMILES string of the molecule is C[C@H](Oc1ccc(Cl)cc1)C(=O)OCC(=O)NC(=O)c1cccs1. The van der Waals surface area contributed by atoms with E-state index in [9.17, 15) is 14.4 Å². The minimum atomic E-state index is -0.910. The summed E-state index contributed by atoms with van der Waals surface area (Å²) in [5.74, 6) is -1.51. The molecule has 0 aliphatic heterocycles. The highest BCUT2D eigenvalue weighted by molar-refractivity contribution is 7.12. The summed E-state index contributed by atoms with van der Waals surface area (Å²) in [6.07, 6.45) is -0.910. The lowest BCUT2D eigenvalue weighted by Crippen LogP contribution is -2.35. The van der Waals surface area contributed by atoms with Crippen molar-refractivity contribution in [2.45, 2.75) is 13.0 Å². The van der Waals surface area contributed by atoms with Crippen molar-refractivity contribution >= 4 is 40.7 Å². The van der Waals surface area contributed by atoms with Gasteiger partial charge in [-0.05, 0) is 42.6 Å². The molecule has 6 nitrogen and oxygen atoms in total. The largest absolute Gasteiger partial charge is 0.479 e. The molecule has 0 fully saturated rings. The van der Waals surface area contributed by atoms with Crippen LogP contribution in [0.2, 0.25) is 5.02 Å². The highest BCUT2D eigenvalue weighted by Gasteiger charge is 2.19. The van der Waals surface area contributed by atoms with Gasteiger partial charge in [0, 0.05) is 5.02 Å². The molecule has 0 radical (unpaired) electrons. The second-order valence-corrected chi connectivity index (χ2v) is 6.06. The van der Waals surface area contributed by atoms with Gasteiger partial charge in [0.2, 0.25) is 0 Å². The Morgan fingerprint density at radius 3 is 2.54 bits per heavy atom. The third-order valence-corrected chi connectivity index (χ3v) is 3.92. The van der Waals surface area contributed by atoms with Crippen LogP contribution in [0.4, 0.5) is 0 Å². The number of nitrogens with one attached hydrogen (secondary N) is 1. The molecule has 1 heterocycles. The number of benzene rings is 1. The minimum Gasteiger partial charge on any atom is -0.479 e. The first-order chi connectivity index (χ1) is 11.5. The summed E-state index contributed by atoms with van der Waals surface area (Å²) in [6, 6.07) is 9.75. The second kappa shape index (κ2) is 8.47. The van der Waals surface area contributed by atoms with Gasteiger partial charge in [-0.2, -0.15) is 0 Å². The Labute approximate surface area is 147 Å². The molecule has 24 heavy (non-hydrogen) atoms. The first-order valence-electron chi connectivity index (χ1n) is 6.92. The molecule has 1 aromatic carbocycles. The fraction of sp³-hybridized carbons (Fsp3) is 0.188. The zero-order chi connectivity index (χ0) is 17.5. The number of hydrogen-bond acceptors (Lipinski definition) is 6. The molecular formula is C16H14ClNO5S. The average Bonchev–Trinajstić information content (AvgIpc) is 3.09. The molecule has 126 valence electrons. The van der Waals surface area contributed by atoms with Crippen molar-refractivity contribution in [1.29, 1.82) is 0 Å². The summed E-state index contributed by atoms with van der Waals surface area (Å²) in [5, 5.41) is 4.40. The molecule has 1 N–H and O–H groups in total. The summed E-state index contributed by atoms with van der Waals surface area (Å²) in [7, 11) is 0. The van der Waals surface area contributed by atoms with Crippen LogP contribution in [0.5, 0.6) is 5.75 Å². The van der Waals surface area contributed by atoms with E-state index < -0.39 is 30.5 Å². The number of carbonyl (C=O) groups excluding carboxylic acids is 3. The monoisotopic (exact) mass is 367 g/mol. The molecular weight excluding hydrogens is 354 g/mol. The quantitative estimate of drug-likeness (QED) is 0.794. The van der Waals surface area contributed by atoms with E-state index in [2.05, 4.69) is 5.32 Å². The second-order valence-electron chi connectivity index (χ2n) is 4.68. The fourth-order valence-corrected chi connectivity index (χ4v) is 2.40. The van der Waals surface area contributed by atoms with Crippen LogP contribution in [0.1, 0.15) is 16.6 Å². The summed E-state index contributed by atoms with van der Waals surface area (Å²) in [5.41, 5.74) is 0. The van der Waals surface area contributed by atoms with E-state index in [1.54, 1.807) is 41.8 Å². The van der Waals surface area contributed by atoms with Crippen molar-refractivity contribution in [3.63, 3.8) is 0 Å². The first kappa shape index (κ1) is 18.0. The van der Waals surface area contributed by atoms with Crippen molar-refractivity contribution in [2.24, 2.45) is 0 Å². The first-order valence-corrected chi connectivity index (χ1v) is 8.18. The minimum absolute atomic E-state index is 0.397. The Hall–Kier alpha value is -2.38. The van der Waals surface area contributed by atoms with Crippen LogP contribution >= 0.6 is 22.9 Å². The lowest BCUT2D eigenvalue weighted by atomic mass is 10.3. The molecule has 2 amide bonds. The topological polar surface area (TPSA) is 81.7 Å². The number of amides is 2. The third-order valence-electron chi connectivity index (χ3n) is 2.80. The molecule has 0 saturated heterocycles. The van der Waals surface area contributed by atoms with Crippen molar-refractivity contribution in [3.8, 4) is 5.75 Å². The standard InChI is InChI=1S/C16H14ClNO5S/c1-10(23-12-6-4-11(17)5-7-12)16(21)22-9-14(19)18-15(20)13-3-2-8-24-13/h2-8,10H,9H2,1H3,(H,18,19,20)/t10-/m0/s1. The number of hydrogen-bond donors (Lipinski definition) is 1. The van der Waals surface area contributed by atoms with Gasteiger partial charge in [-0.25, -0.2) is 4.79 Å². The van der Waals surface area contributed by atoms with Gasteiger partial charge in [0.05, 0.1) is 4.88 Å². The number of halogens is 1. The number of imide groups is 1. The lowest BCUT2D eigenvalue weighted by molar-refractivity contribution is -0.154. The van der Waals surface area contributed by atoms with E-state index in [1.165, 1.54) is 18.3 Å². The van der Waals surface area contributed by atoms with Crippen LogP contribution < -0.4 is 10.1 Å². The van der Waals surface area contributed by atoms with E-state index in [1.807, 2.05) is 0 Å². The van der Waals surface area contributed by atoms with Crippen LogP contribution in [0, 0.1) is 0 Å². The van der Waals surface area contributed by atoms with Gasteiger partial charge in [-0.1, -0.05) is 17.7 Å². The molecule has 0 spiro atoms. The molecule has 2 aromatic rings. The van der Waals surface area contributed by atoms with E-state index in [0.717, 1.165) is 0 Å². The average molecular weight is 368 g/mol. The summed E-state index contributed by atoms with van der Waals surface area (Å²) in [4.78, 5) is 35.5. The van der Waals surface area contributed by atoms with Gasteiger partial charge in [0.1, 0.15) is 5.75 Å². The predicted octanol–water partition coefficient (Wildman–Crippen LogP) is 2.67. The highest BCUT2D eigenvalue weighted by Crippen LogP contribution is 2.17. The van der Waals surface area contributed by atoms with Gasteiger partial charge in [0.15, 0.2) is 12.7 Å². The fourth-order valence-electron chi connectivity index (χ4n) is 1.65. The molecule has 2 rings (SSSR count). The smallest absolute Gasteiger partial charge is 0.347 e. The number of carbonyl (C=O) groups is 3. The van der Waals surface area contributed by atoms with Crippen LogP contribution in [0.25, 0.3) is 0 Å².